The van der Waals surface area contributed by atoms with Crippen molar-refractivity contribution in [1.29, 1.82) is 0 Å². The van der Waals surface area contributed by atoms with E-state index in [0.29, 0.717) is 32.9 Å². The van der Waals surface area contributed by atoms with Gasteiger partial charge in [0.2, 0.25) is 0 Å². The molecule has 0 aliphatic heterocycles. The molecule has 0 amide bonds. The van der Waals surface area contributed by atoms with Gasteiger partial charge in [0.15, 0.2) is 0 Å². The SMILES string of the molecule is COc1cc(SSc2cc(OC)c(Cl)cc2N)c(N)cc1Cl. The second-order valence-electron chi connectivity index (χ2n) is 4.22. The number of nitrogens with two attached hydrogens (primary N) is 2. The molecule has 0 saturated heterocycles. The molecule has 2 aromatic carbocycles. The first-order chi connectivity index (χ1) is 10.5. The molecule has 0 saturated carbocycles. The van der Waals surface area contributed by atoms with Gasteiger partial charge in [0.05, 0.1) is 24.3 Å². The summed E-state index contributed by atoms with van der Waals surface area (Å²) >= 11 is 12.1. The van der Waals surface area contributed by atoms with Crippen molar-refractivity contribution in [3.05, 3.63) is 34.3 Å². The van der Waals surface area contributed by atoms with E-state index in [9.17, 15) is 0 Å². The lowest BCUT2D eigenvalue weighted by atomic mass is 10.3. The van der Waals surface area contributed by atoms with Crippen molar-refractivity contribution >= 4 is 56.2 Å². The van der Waals surface area contributed by atoms with E-state index in [-0.39, 0.29) is 0 Å². The Kier molecular flexibility index (Phi) is 5.86. The fourth-order valence-electron chi connectivity index (χ4n) is 1.65. The number of anilines is 2. The number of hydrogen-bond donors (Lipinski definition) is 2. The molecule has 4 nitrogen and oxygen atoms in total. The lowest BCUT2D eigenvalue weighted by Gasteiger charge is -2.11. The standard InChI is InChI=1S/C14H14Cl2N2O2S2/c1-19-11-5-13(9(17)3-7(11)15)21-22-14-6-12(20-2)8(16)4-10(14)18/h3-6H,17-18H2,1-2H3. The highest BCUT2D eigenvalue weighted by Crippen LogP contribution is 2.46. The number of ether oxygens (including phenoxy) is 2. The first kappa shape index (κ1) is 17.3. The number of halogens is 2. The first-order valence-corrected chi connectivity index (χ1v) is 8.97. The van der Waals surface area contributed by atoms with Crippen LogP contribution in [0.4, 0.5) is 11.4 Å². The minimum absolute atomic E-state index is 0.474. The van der Waals surface area contributed by atoms with E-state index >= 15 is 0 Å². The summed E-state index contributed by atoms with van der Waals surface area (Å²) in [6, 6.07) is 6.90. The van der Waals surface area contributed by atoms with Crippen molar-refractivity contribution in [2.75, 3.05) is 25.7 Å². The topological polar surface area (TPSA) is 70.5 Å². The largest absolute Gasteiger partial charge is 0.495 e. The van der Waals surface area contributed by atoms with Crippen LogP contribution in [0.2, 0.25) is 10.0 Å². The van der Waals surface area contributed by atoms with Gasteiger partial charge < -0.3 is 20.9 Å². The molecular formula is C14H14Cl2N2O2S2. The van der Waals surface area contributed by atoms with Crippen LogP contribution in [0.5, 0.6) is 11.5 Å². The number of benzene rings is 2. The van der Waals surface area contributed by atoms with Crippen LogP contribution in [0.3, 0.4) is 0 Å². The van der Waals surface area contributed by atoms with Crippen molar-refractivity contribution in [2.45, 2.75) is 9.79 Å². The fourth-order valence-corrected chi connectivity index (χ4v) is 4.35. The van der Waals surface area contributed by atoms with Gasteiger partial charge in [0, 0.05) is 21.2 Å². The quantitative estimate of drug-likeness (QED) is 0.566. The van der Waals surface area contributed by atoms with Crippen molar-refractivity contribution in [1.82, 2.24) is 0 Å². The monoisotopic (exact) mass is 376 g/mol. The van der Waals surface area contributed by atoms with E-state index in [0.717, 1.165) is 9.79 Å². The van der Waals surface area contributed by atoms with E-state index in [4.69, 9.17) is 44.1 Å². The molecule has 0 radical (unpaired) electrons. The molecule has 118 valence electrons. The van der Waals surface area contributed by atoms with E-state index in [1.807, 2.05) is 0 Å². The molecule has 4 N–H and O–H groups in total. The maximum atomic E-state index is 6.03. The van der Waals surface area contributed by atoms with Crippen LogP contribution in [-0.4, -0.2) is 14.2 Å². The molecule has 0 heterocycles. The van der Waals surface area contributed by atoms with E-state index in [1.54, 1.807) is 38.5 Å². The number of methoxy groups -OCH3 is 2. The summed E-state index contributed by atoms with van der Waals surface area (Å²) in [6.45, 7) is 0. The Morgan fingerprint density at radius 2 is 1.14 bits per heavy atom. The molecule has 0 spiro atoms. The van der Waals surface area contributed by atoms with Gasteiger partial charge in [-0.05, 0) is 24.3 Å². The Morgan fingerprint density at radius 3 is 1.45 bits per heavy atom. The van der Waals surface area contributed by atoms with Crippen molar-refractivity contribution in [3.8, 4) is 11.5 Å². The van der Waals surface area contributed by atoms with Gasteiger partial charge in [-0.25, -0.2) is 0 Å². The highest BCUT2D eigenvalue weighted by Gasteiger charge is 2.12. The van der Waals surface area contributed by atoms with Crippen LogP contribution >= 0.6 is 44.8 Å². The minimum Gasteiger partial charge on any atom is -0.495 e. The van der Waals surface area contributed by atoms with Gasteiger partial charge in [-0.2, -0.15) is 0 Å². The minimum atomic E-state index is 0.474. The summed E-state index contributed by atoms with van der Waals surface area (Å²) in [5.41, 5.74) is 13.1. The summed E-state index contributed by atoms with van der Waals surface area (Å²) in [4.78, 5) is 1.67. The van der Waals surface area contributed by atoms with Gasteiger partial charge in [-0.3, -0.25) is 0 Å². The molecule has 0 bridgehead atoms. The second-order valence-corrected chi connectivity index (χ2v) is 7.24. The predicted octanol–water partition coefficient (Wildman–Crippen LogP) is 4.97. The number of hydrogen-bond acceptors (Lipinski definition) is 6. The molecule has 0 fully saturated rings. The van der Waals surface area contributed by atoms with Gasteiger partial charge >= 0.3 is 0 Å². The zero-order chi connectivity index (χ0) is 16.3. The second kappa shape index (κ2) is 7.46. The Balaban J connectivity index is 2.23. The number of nitrogen functional groups attached to an aromatic ring is 2. The van der Waals surface area contributed by atoms with Crippen LogP contribution in [0, 0.1) is 0 Å². The highest BCUT2D eigenvalue weighted by atomic mass is 35.5. The van der Waals surface area contributed by atoms with Gasteiger partial charge in [0.25, 0.3) is 0 Å². The zero-order valence-corrected chi connectivity index (χ0v) is 15.0. The van der Waals surface area contributed by atoms with Gasteiger partial charge in [0.1, 0.15) is 11.5 Å². The molecule has 0 aromatic heterocycles. The molecule has 0 unspecified atom stereocenters. The predicted molar refractivity (Wildman–Crippen MR) is 96.5 cm³/mol. The Morgan fingerprint density at radius 1 is 0.773 bits per heavy atom. The molecule has 8 heteroatoms. The number of rotatable bonds is 5. The molecular weight excluding hydrogens is 363 g/mol. The fraction of sp³-hybridized carbons (Fsp3) is 0.143. The van der Waals surface area contributed by atoms with Crippen LogP contribution in [-0.2, 0) is 0 Å². The Bertz CT molecular complexity index is 640. The summed E-state index contributed by atoms with van der Waals surface area (Å²) < 4.78 is 10.4. The van der Waals surface area contributed by atoms with E-state index in [1.165, 1.54) is 21.6 Å². The molecule has 0 aliphatic carbocycles. The smallest absolute Gasteiger partial charge is 0.138 e. The van der Waals surface area contributed by atoms with Crippen LogP contribution in [0.25, 0.3) is 0 Å². The molecule has 22 heavy (non-hydrogen) atoms. The Labute approximate surface area is 146 Å². The summed E-state index contributed by atoms with van der Waals surface area (Å²) in [7, 11) is 6.02. The first-order valence-electron chi connectivity index (χ1n) is 6.06. The average Bonchev–Trinajstić information content (AvgIpc) is 2.48. The van der Waals surface area contributed by atoms with Gasteiger partial charge in [-0.15, -0.1) is 0 Å². The van der Waals surface area contributed by atoms with E-state index in [2.05, 4.69) is 0 Å². The van der Waals surface area contributed by atoms with Crippen LogP contribution < -0.4 is 20.9 Å². The zero-order valence-electron chi connectivity index (χ0n) is 11.9. The van der Waals surface area contributed by atoms with Crippen LogP contribution in [0.1, 0.15) is 0 Å². The average molecular weight is 377 g/mol. The molecule has 2 rings (SSSR count). The van der Waals surface area contributed by atoms with Gasteiger partial charge in [-0.1, -0.05) is 44.8 Å². The van der Waals surface area contributed by atoms with Crippen molar-refractivity contribution in [3.63, 3.8) is 0 Å². The summed E-state index contributed by atoms with van der Waals surface area (Å²) in [5.74, 6) is 1.14. The highest BCUT2D eigenvalue weighted by molar-refractivity contribution is 8.76. The molecule has 0 atom stereocenters. The maximum absolute atomic E-state index is 6.03. The lowest BCUT2D eigenvalue weighted by molar-refractivity contribution is 0.414. The Hall–Kier alpha value is -1.08. The van der Waals surface area contributed by atoms with Crippen LogP contribution in [0.15, 0.2) is 34.1 Å². The van der Waals surface area contributed by atoms with Crippen molar-refractivity contribution in [2.24, 2.45) is 0 Å². The molecule has 0 aliphatic rings. The summed E-state index contributed by atoms with van der Waals surface area (Å²) in [6.07, 6.45) is 0. The third kappa shape index (κ3) is 3.81. The molecule has 2 aromatic rings. The summed E-state index contributed by atoms with van der Waals surface area (Å²) in [5, 5.41) is 0.948. The van der Waals surface area contributed by atoms with E-state index < -0.39 is 0 Å². The third-order valence-electron chi connectivity index (χ3n) is 2.79. The maximum Gasteiger partial charge on any atom is 0.138 e. The third-order valence-corrected chi connectivity index (χ3v) is 5.86. The lowest BCUT2D eigenvalue weighted by Crippen LogP contribution is -1.92. The normalized spacial score (nSPS) is 10.5. The van der Waals surface area contributed by atoms with Crippen molar-refractivity contribution < 1.29 is 9.47 Å².